The highest BCUT2D eigenvalue weighted by Crippen LogP contribution is 2.33. The lowest BCUT2D eigenvalue weighted by Crippen LogP contribution is -2.06. The van der Waals surface area contributed by atoms with E-state index >= 15 is 0 Å². The molecule has 0 amide bonds. The van der Waals surface area contributed by atoms with E-state index in [2.05, 4.69) is 21.2 Å². The van der Waals surface area contributed by atoms with Crippen LogP contribution >= 0.6 is 15.9 Å². The van der Waals surface area contributed by atoms with Gasteiger partial charge in [-0.15, -0.1) is 0 Å². The fourth-order valence-electron chi connectivity index (χ4n) is 1.66. The molecule has 2 nitrogen and oxygen atoms in total. The van der Waals surface area contributed by atoms with Crippen molar-refractivity contribution in [2.75, 3.05) is 5.32 Å². The van der Waals surface area contributed by atoms with E-state index in [-0.39, 0.29) is 16.9 Å². The summed E-state index contributed by atoms with van der Waals surface area (Å²) in [5.74, 6) is -0.590. The summed E-state index contributed by atoms with van der Waals surface area (Å²) in [6.45, 7) is 0. The Morgan fingerprint density at radius 1 is 1.05 bits per heavy atom. The van der Waals surface area contributed by atoms with Crippen molar-refractivity contribution in [1.82, 2.24) is 0 Å². The molecule has 0 radical (unpaired) electrons. The summed E-state index contributed by atoms with van der Waals surface area (Å²) in [5, 5.41) is 11.6. The summed E-state index contributed by atoms with van der Waals surface area (Å²) in [7, 11) is 0. The first-order chi connectivity index (χ1) is 9.81. The van der Waals surface area contributed by atoms with E-state index < -0.39 is 17.6 Å². The molecular formula is C14H7BrF4N2. The molecule has 1 N–H and O–H groups in total. The average Bonchev–Trinajstić information content (AvgIpc) is 2.41. The van der Waals surface area contributed by atoms with Crippen molar-refractivity contribution in [3.63, 3.8) is 0 Å². The number of alkyl halides is 3. The molecule has 0 spiro atoms. The number of hydrogen-bond acceptors (Lipinski definition) is 2. The maximum absolute atomic E-state index is 13.7. The Hall–Kier alpha value is -2.07. The second kappa shape index (κ2) is 5.74. The third-order valence-corrected chi connectivity index (χ3v) is 3.16. The summed E-state index contributed by atoms with van der Waals surface area (Å²) in [5.41, 5.74) is -0.978. The fourth-order valence-corrected chi connectivity index (χ4v) is 1.99. The smallest absolute Gasteiger partial charge is 0.352 e. The molecule has 2 aromatic rings. The zero-order valence-electron chi connectivity index (χ0n) is 10.3. The molecule has 108 valence electrons. The Balaban J connectivity index is 2.39. The number of anilines is 2. The molecule has 0 bridgehead atoms. The molecule has 21 heavy (non-hydrogen) atoms. The van der Waals surface area contributed by atoms with Gasteiger partial charge in [-0.1, -0.05) is 15.9 Å². The molecule has 2 aromatic carbocycles. The first kappa shape index (κ1) is 15.3. The van der Waals surface area contributed by atoms with Gasteiger partial charge < -0.3 is 5.32 Å². The number of nitrogens with one attached hydrogen (secondary N) is 1. The first-order valence-corrected chi connectivity index (χ1v) is 6.44. The second-order valence-electron chi connectivity index (χ2n) is 4.12. The zero-order chi connectivity index (χ0) is 15.6. The summed E-state index contributed by atoms with van der Waals surface area (Å²) >= 11 is 3.10. The molecule has 0 aliphatic heterocycles. The van der Waals surface area contributed by atoms with Gasteiger partial charge in [0.15, 0.2) is 0 Å². The molecule has 0 aromatic heterocycles. The Morgan fingerprint density at radius 2 is 1.71 bits per heavy atom. The maximum Gasteiger partial charge on any atom is 0.416 e. The van der Waals surface area contributed by atoms with Gasteiger partial charge in [0.25, 0.3) is 0 Å². The fraction of sp³-hybridized carbons (Fsp3) is 0.0714. The molecular weight excluding hydrogens is 352 g/mol. The van der Waals surface area contributed by atoms with Crippen LogP contribution in [0.1, 0.15) is 11.1 Å². The minimum Gasteiger partial charge on any atom is -0.352 e. The largest absolute Gasteiger partial charge is 0.416 e. The van der Waals surface area contributed by atoms with Gasteiger partial charge in [-0.05, 0) is 36.4 Å². The predicted octanol–water partition coefficient (Wildman–Crippen LogP) is 5.22. The third kappa shape index (κ3) is 3.52. The third-order valence-electron chi connectivity index (χ3n) is 2.67. The van der Waals surface area contributed by atoms with Gasteiger partial charge >= 0.3 is 6.18 Å². The van der Waals surface area contributed by atoms with Crippen LogP contribution < -0.4 is 5.32 Å². The van der Waals surface area contributed by atoms with Crippen LogP contribution in [0.3, 0.4) is 0 Å². The lowest BCUT2D eigenvalue weighted by molar-refractivity contribution is -0.137. The summed E-state index contributed by atoms with van der Waals surface area (Å²) < 4.78 is 51.9. The number of hydrogen-bond donors (Lipinski definition) is 1. The molecule has 2 rings (SSSR count). The van der Waals surface area contributed by atoms with Crippen LogP contribution in [0.15, 0.2) is 40.9 Å². The molecule has 0 fully saturated rings. The predicted molar refractivity (Wildman–Crippen MR) is 73.5 cm³/mol. The molecule has 0 atom stereocenters. The van der Waals surface area contributed by atoms with Crippen LogP contribution in [-0.2, 0) is 6.18 Å². The van der Waals surface area contributed by atoms with E-state index in [1.54, 1.807) is 12.1 Å². The van der Waals surface area contributed by atoms with Gasteiger partial charge in [0.05, 0.1) is 22.5 Å². The molecule has 0 unspecified atom stereocenters. The van der Waals surface area contributed by atoms with Gasteiger partial charge in [0.2, 0.25) is 0 Å². The number of benzene rings is 2. The Morgan fingerprint density at radius 3 is 2.29 bits per heavy atom. The van der Waals surface area contributed by atoms with E-state index in [4.69, 9.17) is 5.26 Å². The minimum absolute atomic E-state index is 0.0643. The van der Waals surface area contributed by atoms with Crippen LogP contribution in [0, 0.1) is 17.1 Å². The van der Waals surface area contributed by atoms with Crippen LogP contribution in [0.4, 0.5) is 28.9 Å². The van der Waals surface area contributed by atoms with Gasteiger partial charge in [0.1, 0.15) is 11.9 Å². The lowest BCUT2D eigenvalue weighted by Gasteiger charge is -2.12. The average molecular weight is 359 g/mol. The molecule has 0 saturated heterocycles. The lowest BCUT2D eigenvalue weighted by atomic mass is 10.1. The van der Waals surface area contributed by atoms with E-state index in [1.165, 1.54) is 12.1 Å². The van der Waals surface area contributed by atoms with Gasteiger partial charge in [0, 0.05) is 4.47 Å². The highest BCUT2D eigenvalue weighted by atomic mass is 79.9. The monoisotopic (exact) mass is 358 g/mol. The van der Waals surface area contributed by atoms with Crippen molar-refractivity contribution in [1.29, 1.82) is 5.26 Å². The van der Waals surface area contributed by atoms with E-state index in [0.717, 1.165) is 18.2 Å². The standard InChI is InChI=1S/C14H7BrF4N2/c15-10-2-4-13(11(16)6-10)21-12-3-1-9(14(17,18)19)5-8(12)7-20/h1-6,21H. The highest BCUT2D eigenvalue weighted by molar-refractivity contribution is 9.10. The van der Waals surface area contributed by atoms with E-state index in [0.29, 0.717) is 4.47 Å². The second-order valence-corrected chi connectivity index (χ2v) is 5.03. The summed E-state index contributed by atoms with van der Waals surface area (Å²) in [6, 6.07) is 8.51. The molecule has 0 aliphatic carbocycles. The number of nitrogens with zero attached hydrogens (tertiary/aromatic N) is 1. The van der Waals surface area contributed by atoms with Gasteiger partial charge in [-0.2, -0.15) is 18.4 Å². The normalized spacial score (nSPS) is 11.0. The van der Waals surface area contributed by atoms with E-state index in [1.807, 2.05) is 0 Å². The zero-order valence-corrected chi connectivity index (χ0v) is 11.9. The molecule has 0 saturated carbocycles. The maximum atomic E-state index is 13.7. The summed E-state index contributed by atoms with van der Waals surface area (Å²) in [4.78, 5) is 0. The number of rotatable bonds is 2. The van der Waals surface area contributed by atoms with Crippen molar-refractivity contribution in [3.05, 3.63) is 57.8 Å². The van der Waals surface area contributed by atoms with Gasteiger partial charge in [-0.25, -0.2) is 4.39 Å². The Labute approximate surface area is 126 Å². The van der Waals surface area contributed by atoms with Crippen LogP contribution in [0.25, 0.3) is 0 Å². The molecule has 0 heterocycles. The van der Waals surface area contributed by atoms with Crippen molar-refractivity contribution in [2.45, 2.75) is 6.18 Å². The van der Waals surface area contributed by atoms with Crippen molar-refractivity contribution in [3.8, 4) is 6.07 Å². The summed E-state index contributed by atoms with van der Waals surface area (Å²) in [6.07, 6.45) is -4.53. The van der Waals surface area contributed by atoms with Gasteiger partial charge in [-0.3, -0.25) is 0 Å². The van der Waals surface area contributed by atoms with Crippen LogP contribution in [-0.4, -0.2) is 0 Å². The topological polar surface area (TPSA) is 35.8 Å². The Kier molecular flexibility index (Phi) is 4.19. The van der Waals surface area contributed by atoms with E-state index in [9.17, 15) is 17.6 Å². The first-order valence-electron chi connectivity index (χ1n) is 5.64. The highest BCUT2D eigenvalue weighted by Gasteiger charge is 2.31. The SMILES string of the molecule is N#Cc1cc(C(F)(F)F)ccc1Nc1ccc(Br)cc1F. The van der Waals surface area contributed by atoms with Crippen LogP contribution in [0.5, 0.6) is 0 Å². The van der Waals surface area contributed by atoms with Crippen molar-refractivity contribution < 1.29 is 17.6 Å². The Bertz CT molecular complexity index is 720. The molecule has 7 heteroatoms. The minimum atomic E-state index is -4.53. The van der Waals surface area contributed by atoms with Crippen molar-refractivity contribution >= 4 is 27.3 Å². The number of halogens is 5. The number of nitriles is 1. The van der Waals surface area contributed by atoms with Crippen molar-refractivity contribution in [2.24, 2.45) is 0 Å². The quantitative estimate of drug-likeness (QED) is 0.746. The molecule has 0 aliphatic rings. The van der Waals surface area contributed by atoms with Crippen LogP contribution in [0.2, 0.25) is 0 Å².